The number of aromatic nitrogens is 3. The fraction of sp³-hybridized carbons (Fsp3) is 0.368. The molecule has 0 spiro atoms. The second-order valence-corrected chi connectivity index (χ2v) is 8.78. The van der Waals surface area contributed by atoms with Crippen LogP contribution in [-0.4, -0.2) is 42.3 Å². The lowest BCUT2D eigenvalue weighted by Gasteiger charge is -2.33. The molecule has 1 atom stereocenters. The molecular weight excluding hydrogens is 362 g/mol. The summed E-state index contributed by atoms with van der Waals surface area (Å²) in [7, 11) is -1.58. The van der Waals surface area contributed by atoms with Crippen molar-refractivity contribution in [3.8, 4) is 0 Å². The first-order chi connectivity index (χ1) is 13.0. The van der Waals surface area contributed by atoms with E-state index in [2.05, 4.69) is 19.7 Å². The van der Waals surface area contributed by atoms with Crippen molar-refractivity contribution < 1.29 is 8.42 Å². The minimum atomic E-state index is -3.46. The summed E-state index contributed by atoms with van der Waals surface area (Å²) < 4.78 is 30.2. The van der Waals surface area contributed by atoms with Gasteiger partial charge in [-0.3, -0.25) is 9.67 Å². The molecule has 3 aromatic rings. The number of pyridine rings is 1. The average molecular weight is 385 g/mol. The molecule has 1 saturated heterocycles. The molecule has 1 aliphatic rings. The van der Waals surface area contributed by atoms with Crippen molar-refractivity contribution in [1.82, 2.24) is 19.5 Å². The number of benzene rings is 1. The maximum Gasteiger partial charge on any atom is 0.216 e. The van der Waals surface area contributed by atoms with E-state index in [0.717, 1.165) is 41.5 Å². The van der Waals surface area contributed by atoms with Crippen molar-refractivity contribution in [2.45, 2.75) is 24.6 Å². The molecule has 1 aliphatic heterocycles. The number of nitrogens with one attached hydrogen (secondary N) is 1. The van der Waals surface area contributed by atoms with E-state index < -0.39 is 10.0 Å². The summed E-state index contributed by atoms with van der Waals surface area (Å²) in [5.41, 5.74) is 2.49. The lowest BCUT2D eigenvalue weighted by molar-refractivity contribution is 0.465. The number of piperidine rings is 1. The molecule has 1 N–H and O–H groups in total. The number of rotatable bonds is 5. The fourth-order valence-electron chi connectivity index (χ4n) is 3.66. The Kier molecular flexibility index (Phi) is 4.84. The van der Waals surface area contributed by atoms with Crippen molar-refractivity contribution in [2.24, 2.45) is 7.05 Å². The van der Waals surface area contributed by atoms with Gasteiger partial charge in [-0.1, -0.05) is 24.3 Å². The third kappa shape index (κ3) is 4.12. The van der Waals surface area contributed by atoms with Gasteiger partial charge in [0.2, 0.25) is 10.0 Å². The molecule has 0 aliphatic carbocycles. The first-order valence-electron chi connectivity index (χ1n) is 9.06. The molecule has 8 heteroatoms. The quantitative estimate of drug-likeness (QED) is 0.727. The summed E-state index contributed by atoms with van der Waals surface area (Å²) in [5, 5.41) is 5.16. The van der Waals surface area contributed by atoms with Gasteiger partial charge in [0.05, 0.1) is 23.2 Å². The van der Waals surface area contributed by atoms with Gasteiger partial charge in [-0.05, 0) is 24.5 Å². The highest BCUT2D eigenvalue weighted by Crippen LogP contribution is 2.21. The highest BCUT2D eigenvalue weighted by Gasteiger charge is 2.25. The van der Waals surface area contributed by atoms with Gasteiger partial charge in [0.1, 0.15) is 0 Å². The Bertz CT molecular complexity index is 1040. The summed E-state index contributed by atoms with van der Waals surface area (Å²) in [6, 6.07) is 9.34. The van der Waals surface area contributed by atoms with Crippen molar-refractivity contribution in [2.75, 3.05) is 18.0 Å². The van der Waals surface area contributed by atoms with Crippen LogP contribution < -0.4 is 9.62 Å². The predicted octanol–water partition coefficient (Wildman–Crippen LogP) is 2.06. The molecular formula is C19H23N5O2S. The fourth-order valence-corrected chi connectivity index (χ4v) is 5.09. The summed E-state index contributed by atoms with van der Waals surface area (Å²) in [6.07, 6.45) is 7.25. The largest absolute Gasteiger partial charge is 0.367 e. The van der Waals surface area contributed by atoms with Crippen molar-refractivity contribution >= 4 is 26.6 Å². The molecule has 27 heavy (non-hydrogen) atoms. The number of sulfonamides is 1. The molecule has 0 bridgehead atoms. The number of nitrogens with zero attached hydrogens (tertiary/aromatic N) is 4. The minimum absolute atomic E-state index is 0.0647. The molecule has 1 aromatic carbocycles. The molecule has 4 rings (SSSR count). The lowest BCUT2D eigenvalue weighted by Crippen LogP contribution is -2.48. The van der Waals surface area contributed by atoms with Gasteiger partial charge in [-0.25, -0.2) is 13.1 Å². The van der Waals surface area contributed by atoms with E-state index in [0.29, 0.717) is 6.54 Å². The Morgan fingerprint density at radius 3 is 2.93 bits per heavy atom. The number of para-hydroxylation sites is 1. The molecule has 3 heterocycles. The third-order valence-electron chi connectivity index (χ3n) is 4.89. The number of anilines is 1. The van der Waals surface area contributed by atoms with Gasteiger partial charge >= 0.3 is 0 Å². The summed E-state index contributed by atoms with van der Waals surface area (Å²) in [4.78, 5) is 6.54. The van der Waals surface area contributed by atoms with E-state index in [1.165, 1.54) is 0 Å². The van der Waals surface area contributed by atoms with E-state index >= 15 is 0 Å². The number of fused-ring (bicyclic) bond motifs is 1. The van der Waals surface area contributed by atoms with Crippen LogP contribution in [0.25, 0.3) is 10.9 Å². The summed E-state index contributed by atoms with van der Waals surface area (Å²) in [6.45, 7) is 1.57. The third-order valence-corrected chi connectivity index (χ3v) is 6.27. The standard InChI is InChI=1S/C19H23N5O2S/c1-23-13-18(11-21-23)24-10-4-8-17(12-24)22-27(25,26)14-16-6-2-5-15-7-3-9-20-19(15)16/h2-3,5-7,9,11,13,17,22H,4,8,10,12,14H2,1H3. The van der Waals surface area contributed by atoms with E-state index in [-0.39, 0.29) is 11.8 Å². The molecule has 1 fully saturated rings. The molecule has 0 amide bonds. The number of hydrogen-bond donors (Lipinski definition) is 1. The van der Waals surface area contributed by atoms with Crippen LogP contribution in [0, 0.1) is 0 Å². The van der Waals surface area contributed by atoms with Crippen LogP contribution in [0.5, 0.6) is 0 Å². The highest BCUT2D eigenvalue weighted by molar-refractivity contribution is 7.88. The molecule has 7 nitrogen and oxygen atoms in total. The Labute approximate surface area is 159 Å². The Hall–Kier alpha value is -2.45. The average Bonchev–Trinajstić information content (AvgIpc) is 3.08. The topological polar surface area (TPSA) is 80.1 Å². The molecule has 2 aromatic heterocycles. The smallest absolute Gasteiger partial charge is 0.216 e. The lowest BCUT2D eigenvalue weighted by atomic mass is 10.1. The Morgan fingerprint density at radius 1 is 1.26 bits per heavy atom. The number of hydrogen-bond acceptors (Lipinski definition) is 5. The van der Waals surface area contributed by atoms with Crippen LogP contribution in [0.15, 0.2) is 48.9 Å². The molecule has 1 unspecified atom stereocenters. The van der Waals surface area contributed by atoms with Gasteiger partial charge in [0.15, 0.2) is 0 Å². The zero-order valence-electron chi connectivity index (χ0n) is 15.2. The van der Waals surface area contributed by atoms with Crippen LogP contribution in [0.4, 0.5) is 5.69 Å². The van der Waals surface area contributed by atoms with Gasteiger partial charge in [-0.15, -0.1) is 0 Å². The highest BCUT2D eigenvalue weighted by atomic mass is 32.2. The Balaban J connectivity index is 1.48. The molecule has 0 radical (unpaired) electrons. The first-order valence-corrected chi connectivity index (χ1v) is 10.7. The van der Waals surface area contributed by atoms with E-state index in [4.69, 9.17) is 0 Å². The Morgan fingerprint density at radius 2 is 2.11 bits per heavy atom. The summed E-state index contributed by atoms with van der Waals surface area (Å²) >= 11 is 0. The van der Waals surface area contributed by atoms with E-state index in [9.17, 15) is 8.42 Å². The zero-order valence-corrected chi connectivity index (χ0v) is 16.1. The van der Waals surface area contributed by atoms with Crippen LogP contribution in [-0.2, 0) is 22.8 Å². The maximum atomic E-state index is 12.8. The van der Waals surface area contributed by atoms with Crippen LogP contribution in [0.3, 0.4) is 0 Å². The summed E-state index contributed by atoms with van der Waals surface area (Å²) in [5.74, 6) is -0.0647. The van der Waals surface area contributed by atoms with Crippen LogP contribution in [0.2, 0.25) is 0 Å². The van der Waals surface area contributed by atoms with Gasteiger partial charge < -0.3 is 4.90 Å². The van der Waals surface area contributed by atoms with Gasteiger partial charge in [-0.2, -0.15) is 5.10 Å². The van der Waals surface area contributed by atoms with Crippen molar-refractivity contribution in [1.29, 1.82) is 0 Å². The van der Waals surface area contributed by atoms with Crippen LogP contribution >= 0.6 is 0 Å². The normalized spacial score (nSPS) is 18.1. The van der Waals surface area contributed by atoms with Crippen molar-refractivity contribution in [3.05, 3.63) is 54.5 Å². The van der Waals surface area contributed by atoms with Gasteiger partial charge in [0, 0.05) is 44.0 Å². The zero-order chi connectivity index (χ0) is 18.9. The number of aryl methyl sites for hydroxylation is 1. The second kappa shape index (κ2) is 7.28. The second-order valence-electron chi connectivity index (χ2n) is 7.03. The van der Waals surface area contributed by atoms with E-state index in [1.54, 1.807) is 10.9 Å². The first kappa shape index (κ1) is 17.9. The van der Waals surface area contributed by atoms with Gasteiger partial charge in [0.25, 0.3) is 0 Å². The van der Waals surface area contributed by atoms with E-state index in [1.807, 2.05) is 49.8 Å². The van der Waals surface area contributed by atoms with Crippen LogP contribution in [0.1, 0.15) is 18.4 Å². The predicted molar refractivity (Wildman–Crippen MR) is 106 cm³/mol. The molecule has 142 valence electrons. The SMILES string of the molecule is Cn1cc(N2CCCC(NS(=O)(=O)Cc3cccc4cccnc34)C2)cn1. The van der Waals surface area contributed by atoms with Crippen molar-refractivity contribution in [3.63, 3.8) is 0 Å². The maximum absolute atomic E-state index is 12.8. The monoisotopic (exact) mass is 385 g/mol. The minimum Gasteiger partial charge on any atom is -0.367 e. The molecule has 0 saturated carbocycles.